The third-order valence-electron chi connectivity index (χ3n) is 3.85. The van der Waals surface area contributed by atoms with Crippen molar-refractivity contribution >= 4 is 17.9 Å². The predicted octanol–water partition coefficient (Wildman–Crippen LogP) is -0.320. The van der Waals surface area contributed by atoms with Crippen LogP contribution >= 0.6 is 0 Å². The highest BCUT2D eigenvalue weighted by Crippen LogP contribution is 2.42. The molecule has 0 aliphatic carbocycles. The maximum absolute atomic E-state index is 11.4. The molecule has 0 bridgehead atoms. The van der Waals surface area contributed by atoms with Crippen molar-refractivity contribution < 1.29 is 43.9 Å². The summed E-state index contributed by atoms with van der Waals surface area (Å²) in [5.74, 6) is -5.79. The highest BCUT2D eigenvalue weighted by atomic mass is 16.8. The Morgan fingerprint density at radius 3 is 2.24 bits per heavy atom. The molecule has 2 rings (SSSR count). The molecule has 3 unspecified atom stereocenters. The van der Waals surface area contributed by atoms with Gasteiger partial charge in [0.2, 0.25) is 11.9 Å². The summed E-state index contributed by atoms with van der Waals surface area (Å²) < 4.78 is 15.9. The van der Waals surface area contributed by atoms with Gasteiger partial charge in [0.1, 0.15) is 0 Å². The molecule has 9 nitrogen and oxygen atoms in total. The first kappa shape index (κ1) is 15.7. The van der Waals surface area contributed by atoms with Crippen molar-refractivity contribution in [2.24, 2.45) is 0 Å². The van der Waals surface area contributed by atoms with E-state index in [4.69, 9.17) is 19.3 Å². The molecule has 0 saturated carbocycles. The molecule has 0 amide bonds. The Morgan fingerprint density at radius 2 is 1.81 bits per heavy atom. The van der Waals surface area contributed by atoms with E-state index in [2.05, 4.69) is 0 Å². The third-order valence-corrected chi connectivity index (χ3v) is 3.85. The van der Waals surface area contributed by atoms with E-state index < -0.39 is 48.1 Å². The average Bonchev–Trinajstić information content (AvgIpc) is 2.84. The maximum atomic E-state index is 11.4. The highest BCUT2D eigenvalue weighted by molar-refractivity contribution is 5.80. The van der Waals surface area contributed by atoms with Gasteiger partial charge in [-0.2, -0.15) is 0 Å². The van der Waals surface area contributed by atoms with E-state index in [0.29, 0.717) is 0 Å². The van der Waals surface area contributed by atoms with Crippen LogP contribution in [0.3, 0.4) is 0 Å². The summed E-state index contributed by atoms with van der Waals surface area (Å²) in [6.07, 6.45) is -2.83. The molecule has 2 fully saturated rings. The average molecular weight is 304 g/mol. The zero-order chi connectivity index (χ0) is 15.8. The van der Waals surface area contributed by atoms with Crippen LogP contribution in [0.25, 0.3) is 0 Å². The minimum atomic E-state index is -1.78. The summed E-state index contributed by atoms with van der Waals surface area (Å²) in [5, 5.41) is 27.4. The van der Waals surface area contributed by atoms with Crippen molar-refractivity contribution in [3.05, 3.63) is 0 Å². The lowest BCUT2D eigenvalue weighted by atomic mass is 9.96. The third kappa shape index (κ3) is 2.47. The molecule has 0 aromatic rings. The fourth-order valence-electron chi connectivity index (χ4n) is 2.52. The summed E-state index contributed by atoms with van der Waals surface area (Å²) in [5.41, 5.74) is -1.78. The van der Waals surface area contributed by atoms with Crippen LogP contribution in [0.1, 0.15) is 26.2 Å². The van der Waals surface area contributed by atoms with Crippen LogP contribution in [0.4, 0.5) is 0 Å². The zero-order valence-electron chi connectivity index (χ0n) is 11.3. The standard InChI is InChI=1S/C12H16O9/c1-2-11(10(17)18)5-19-12(7(21-11)9(15)16)4-3-6(20-12)8(13)14/h6-7H,2-5H2,1H3,(H,13,14)(H,15,16)(H,17,18)/t6-,7?,11?,12?/m1/s1. The number of carbonyl (C=O) groups is 3. The van der Waals surface area contributed by atoms with Gasteiger partial charge in [0.05, 0.1) is 6.61 Å². The second-order valence-corrected chi connectivity index (χ2v) is 5.07. The summed E-state index contributed by atoms with van der Waals surface area (Å²) in [6.45, 7) is 1.12. The van der Waals surface area contributed by atoms with Crippen molar-refractivity contribution in [3.63, 3.8) is 0 Å². The Bertz CT molecular complexity index is 475. The van der Waals surface area contributed by atoms with Crippen LogP contribution in [0, 0.1) is 0 Å². The second kappa shape index (κ2) is 5.24. The van der Waals surface area contributed by atoms with E-state index in [1.54, 1.807) is 0 Å². The van der Waals surface area contributed by atoms with Crippen LogP contribution < -0.4 is 0 Å². The lowest BCUT2D eigenvalue weighted by Crippen LogP contribution is -2.64. The molecule has 0 radical (unpaired) electrons. The molecular weight excluding hydrogens is 288 g/mol. The molecule has 2 aliphatic heterocycles. The molecule has 0 aromatic heterocycles. The number of carboxylic acid groups (broad SMARTS) is 3. The summed E-state index contributed by atoms with van der Waals surface area (Å²) in [4.78, 5) is 33.6. The van der Waals surface area contributed by atoms with Crippen molar-refractivity contribution in [1.82, 2.24) is 0 Å². The molecular formula is C12H16O9. The van der Waals surface area contributed by atoms with Gasteiger partial charge < -0.3 is 29.5 Å². The smallest absolute Gasteiger partial charge is 0.338 e. The van der Waals surface area contributed by atoms with E-state index in [1.165, 1.54) is 6.92 Å². The van der Waals surface area contributed by atoms with Crippen LogP contribution in [0.5, 0.6) is 0 Å². The first-order valence-corrected chi connectivity index (χ1v) is 6.45. The fourth-order valence-corrected chi connectivity index (χ4v) is 2.52. The molecule has 118 valence electrons. The summed E-state index contributed by atoms with van der Waals surface area (Å²) >= 11 is 0. The number of rotatable bonds is 4. The van der Waals surface area contributed by atoms with Gasteiger partial charge in [0.15, 0.2) is 11.7 Å². The van der Waals surface area contributed by atoms with Crippen molar-refractivity contribution in [2.45, 2.75) is 49.8 Å². The van der Waals surface area contributed by atoms with Gasteiger partial charge in [0, 0.05) is 6.42 Å². The van der Waals surface area contributed by atoms with E-state index in [9.17, 15) is 24.6 Å². The first-order valence-electron chi connectivity index (χ1n) is 6.45. The zero-order valence-corrected chi connectivity index (χ0v) is 11.3. The van der Waals surface area contributed by atoms with Crippen molar-refractivity contribution in [3.8, 4) is 0 Å². The largest absolute Gasteiger partial charge is 0.479 e. The second-order valence-electron chi connectivity index (χ2n) is 5.07. The molecule has 21 heavy (non-hydrogen) atoms. The van der Waals surface area contributed by atoms with E-state index in [-0.39, 0.29) is 19.3 Å². The van der Waals surface area contributed by atoms with E-state index >= 15 is 0 Å². The number of aliphatic carboxylic acids is 3. The fraction of sp³-hybridized carbons (Fsp3) is 0.750. The molecule has 4 atom stereocenters. The van der Waals surface area contributed by atoms with Gasteiger partial charge in [0.25, 0.3) is 0 Å². The van der Waals surface area contributed by atoms with Crippen LogP contribution in [-0.2, 0) is 28.6 Å². The molecule has 3 N–H and O–H groups in total. The topological polar surface area (TPSA) is 140 Å². The summed E-state index contributed by atoms with van der Waals surface area (Å²) in [7, 11) is 0. The number of hydrogen-bond donors (Lipinski definition) is 3. The Balaban J connectivity index is 2.28. The number of ether oxygens (including phenoxy) is 3. The number of hydrogen-bond acceptors (Lipinski definition) is 6. The maximum Gasteiger partial charge on any atom is 0.338 e. The molecule has 9 heteroatoms. The number of carboxylic acids is 3. The molecule has 2 saturated heterocycles. The van der Waals surface area contributed by atoms with Gasteiger partial charge in [-0.3, -0.25) is 0 Å². The molecule has 1 spiro atoms. The lowest BCUT2D eigenvalue weighted by molar-refractivity contribution is -0.345. The Kier molecular flexibility index (Phi) is 3.91. The van der Waals surface area contributed by atoms with Gasteiger partial charge >= 0.3 is 17.9 Å². The van der Waals surface area contributed by atoms with Crippen molar-refractivity contribution in [2.75, 3.05) is 6.61 Å². The van der Waals surface area contributed by atoms with Crippen LogP contribution in [0.2, 0.25) is 0 Å². The highest BCUT2D eigenvalue weighted by Gasteiger charge is 2.61. The first-order chi connectivity index (χ1) is 9.76. The van der Waals surface area contributed by atoms with E-state index in [0.717, 1.165) is 0 Å². The Labute approximate surface area is 119 Å². The van der Waals surface area contributed by atoms with Crippen molar-refractivity contribution in [1.29, 1.82) is 0 Å². The SMILES string of the molecule is CCC1(C(=O)O)COC2(CC[C@H](C(=O)O)O2)C(C(=O)O)O1. The minimum Gasteiger partial charge on any atom is -0.479 e. The van der Waals surface area contributed by atoms with Gasteiger partial charge in [-0.05, 0) is 12.8 Å². The van der Waals surface area contributed by atoms with Gasteiger partial charge in [-0.15, -0.1) is 0 Å². The monoisotopic (exact) mass is 304 g/mol. The molecule has 2 aliphatic rings. The quantitative estimate of drug-likeness (QED) is 0.637. The van der Waals surface area contributed by atoms with Crippen LogP contribution in [-0.4, -0.2) is 63.4 Å². The molecule has 0 aromatic carbocycles. The Hall–Kier alpha value is -1.71. The lowest BCUT2D eigenvalue weighted by Gasteiger charge is -2.45. The van der Waals surface area contributed by atoms with Crippen LogP contribution in [0.15, 0.2) is 0 Å². The molecule has 2 heterocycles. The Morgan fingerprint density at radius 1 is 1.14 bits per heavy atom. The summed E-state index contributed by atoms with van der Waals surface area (Å²) in [6, 6.07) is 0. The predicted molar refractivity (Wildman–Crippen MR) is 63.6 cm³/mol. The van der Waals surface area contributed by atoms with Gasteiger partial charge in [-0.1, -0.05) is 6.92 Å². The normalized spacial score (nSPS) is 39.3. The van der Waals surface area contributed by atoms with Gasteiger partial charge in [-0.25, -0.2) is 14.4 Å². The van der Waals surface area contributed by atoms with E-state index in [1.807, 2.05) is 0 Å². The minimum absolute atomic E-state index is 0.000344.